The third-order valence-corrected chi connectivity index (χ3v) is 3.17. The minimum atomic E-state index is -0.401. The summed E-state index contributed by atoms with van der Waals surface area (Å²) in [6, 6.07) is 10.7. The fourth-order valence-corrected chi connectivity index (χ4v) is 2.02. The molecular weight excluding hydrogens is 280 g/mol. The molecule has 1 aromatic heterocycles. The van der Waals surface area contributed by atoms with E-state index in [2.05, 4.69) is 10.3 Å². The first kappa shape index (κ1) is 15.8. The van der Waals surface area contributed by atoms with Crippen LogP contribution in [0.2, 0.25) is 0 Å². The van der Waals surface area contributed by atoms with Crippen molar-refractivity contribution in [3.63, 3.8) is 0 Å². The van der Waals surface area contributed by atoms with Crippen LogP contribution < -0.4 is 15.6 Å². The largest absolute Gasteiger partial charge is 0.491 e. The van der Waals surface area contributed by atoms with E-state index in [9.17, 15) is 9.59 Å². The Morgan fingerprint density at radius 3 is 2.73 bits per heavy atom. The number of amides is 1. The molecule has 116 valence electrons. The van der Waals surface area contributed by atoms with Gasteiger partial charge in [-0.05, 0) is 50.6 Å². The minimum absolute atomic E-state index is 0.105. The Morgan fingerprint density at radius 1 is 1.27 bits per heavy atom. The zero-order chi connectivity index (χ0) is 16.1. The van der Waals surface area contributed by atoms with E-state index in [1.807, 2.05) is 38.1 Å². The van der Waals surface area contributed by atoms with Crippen LogP contribution in [-0.4, -0.2) is 23.5 Å². The number of benzene rings is 1. The molecule has 2 rings (SSSR count). The van der Waals surface area contributed by atoms with E-state index >= 15 is 0 Å². The second-order valence-electron chi connectivity index (χ2n) is 5.39. The number of carbonyl (C=O) groups excluding carboxylic acids is 1. The molecule has 0 fully saturated rings. The molecule has 0 saturated carbocycles. The maximum absolute atomic E-state index is 12.1. The molecule has 2 aromatic rings. The highest BCUT2D eigenvalue weighted by Crippen LogP contribution is 2.12. The first-order valence-corrected chi connectivity index (χ1v) is 7.16. The maximum atomic E-state index is 12.1. The van der Waals surface area contributed by atoms with Crippen molar-refractivity contribution in [2.24, 2.45) is 0 Å². The zero-order valence-corrected chi connectivity index (χ0v) is 13.0. The SMILES string of the molecule is Cc1cccc(OCC(C)NC(=O)c2ccc(C)[nH]c2=O)c1. The molecule has 5 heteroatoms. The summed E-state index contributed by atoms with van der Waals surface area (Å²) in [5, 5.41) is 2.76. The average Bonchev–Trinajstić information content (AvgIpc) is 2.45. The number of nitrogens with one attached hydrogen (secondary N) is 2. The number of aryl methyl sites for hydroxylation is 2. The molecule has 0 radical (unpaired) electrons. The number of hydrogen-bond donors (Lipinski definition) is 2. The zero-order valence-electron chi connectivity index (χ0n) is 13.0. The fourth-order valence-electron chi connectivity index (χ4n) is 2.02. The van der Waals surface area contributed by atoms with Gasteiger partial charge in [0, 0.05) is 5.69 Å². The summed E-state index contributed by atoms with van der Waals surface area (Å²) in [6.45, 7) is 5.91. The molecule has 0 saturated heterocycles. The lowest BCUT2D eigenvalue weighted by atomic mass is 10.2. The van der Waals surface area contributed by atoms with Crippen molar-refractivity contribution in [3.8, 4) is 5.75 Å². The van der Waals surface area contributed by atoms with E-state index in [1.165, 1.54) is 6.07 Å². The van der Waals surface area contributed by atoms with Gasteiger partial charge in [0.15, 0.2) is 0 Å². The van der Waals surface area contributed by atoms with E-state index in [1.54, 1.807) is 13.0 Å². The van der Waals surface area contributed by atoms with Crippen LogP contribution in [0.15, 0.2) is 41.2 Å². The van der Waals surface area contributed by atoms with Gasteiger partial charge in [-0.3, -0.25) is 9.59 Å². The summed E-state index contributed by atoms with van der Waals surface area (Å²) in [6.07, 6.45) is 0. The fraction of sp³-hybridized carbons (Fsp3) is 0.294. The smallest absolute Gasteiger partial charge is 0.260 e. The van der Waals surface area contributed by atoms with Crippen LogP contribution in [0.1, 0.15) is 28.5 Å². The lowest BCUT2D eigenvalue weighted by molar-refractivity contribution is 0.0925. The normalized spacial score (nSPS) is 11.8. The van der Waals surface area contributed by atoms with E-state index in [0.29, 0.717) is 6.61 Å². The molecule has 2 N–H and O–H groups in total. The van der Waals surface area contributed by atoms with Gasteiger partial charge in [-0.15, -0.1) is 0 Å². The van der Waals surface area contributed by atoms with Gasteiger partial charge < -0.3 is 15.0 Å². The average molecular weight is 300 g/mol. The van der Waals surface area contributed by atoms with Crippen LogP contribution in [0.5, 0.6) is 5.75 Å². The van der Waals surface area contributed by atoms with Gasteiger partial charge in [-0.2, -0.15) is 0 Å². The molecule has 5 nitrogen and oxygen atoms in total. The predicted molar refractivity (Wildman–Crippen MR) is 85.4 cm³/mol. The molecule has 0 aliphatic carbocycles. The van der Waals surface area contributed by atoms with Crippen LogP contribution >= 0.6 is 0 Å². The van der Waals surface area contributed by atoms with Crippen molar-refractivity contribution in [1.82, 2.24) is 10.3 Å². The number of carbonyl (C=O) groups is 1. The van der Waals surface area contributed by atoms with Gasteiger partial charge in [-0.25, -0.2) is 0 Å². The molecule has 0 spiro atoms. The van der Waals surface area contributed by atoms with Crippen molar-refractivity contribution >= 4 is 5.91 Å². The van der Waals surface area contributed by atoms with Gasteiger partial charge in [0.1, 0.15) is 17.9 Å². The second-order valence-corrected chi connectivity index (χ2v) is 5.39. The van der Waals surface area contributed by atoms with Crippen molar-refractivity contribution in [1.29, 1.82) is 0 Å². The van der Waals surface area contributed by atoms with Crippen molar-refractivity contribution in [2.45, 2.75) is 26.8 Å². The van der Waals surface area contributed by atoms with Gasteiger partial charge in [0.25, 0.3) is 11.5 Å². The number of aromatic nitrogens is 1. The molecule has 0 aliphatic heterocycles. The molecule has 0 bridgehead atoms. The first-order valence-electron chi connectivity index (χ1n) is 7.16. The number of aromatic amines is 1. The first-order chi connectivity index (χ1) is 10.5. The van der Waals surface area contributed by atoms with E-state index < -0.39 is 5.91 Å². The van der Waals surface area contributed by atoms with Crippen LogP contribution in [0.25, 0.3) is 0 Å². The predicted octanol–water partition coefficient (Wildman–Crippen LogP) is 2.19. The number of H-pyrrole nitrogens is 1. The molecule has 22 heavy (non-hydrogen) atoms. The molecule has 1 amide bonds. The number of ether oxygens (including phenoxy) is 1. The van der Waals surface area contributed by atoms with Crippen LogP contribution in [0.4, 0.5) is 0 Å². The molecule has 1 aromatic carbocycles. The number of pyridine rings is 1. The summed E-state index contributed by atoms with van der Waals surface area (Å²) >= 11 is 0. The lowest BCUT2D eigenvalue weighted by Gasteiger charge is -2.15. The standard InChI is InChI=1S/C17H20N2O3/c1-11-5-4-6-14(9-11)22-10-13(3)19-17(21)15-8-7-12(2)18-16(15)20/h4-9,13H,10H2,1-3H3,(H,18,20)(H,19,21). The van der Waals surface area contributed by atoms with Crippen molar-refractivity contribution in [2.75, 3.05) is 6.61 Å². The summed E-state index contributed by atoms with van der Waals surface area (Å²) in [5.74, 6) is 0.357. The number of hydrogen-bond acceptors (Lipinski definition) is 3. The highest BCUT2D eigenvalue weighted by Gasteiger charge is 2.13. The second kappa shape index (κ2) is 6.93. The van der Waals surface area contributed by atoms with Gasteiger partial charge >= 0.3 is 0 Å². The third kappa shape index (κ3) is 4.22. The Labute approximate surface area is 129 Å². The molecule has 1 unspecified atom stereocenters. The highest BCUT2D eigenvalue weighted by atomic mass is 16.5. The summed E-state index contributed by atoms with van der Waals surface area (Å²) in [4.78, 5) is 26.4. The maximum Gasteiger partial charge on any atom is 0.260 e. The van der Waals surface area contributed by atoms with E-state index in [-0.39, 0.29) is 17.2 Å². The Bertz CT molecular complexity index is 722. The van der Waals surface area contributed by atoms with Gasteiger partial charge in [0.2, 0.25) is 0 Å². The third-order valence-electron chi connectivity index (χ3n) is 3.17. The van der Waals surface area contributed by atoms with Crippen molar-refractivity contribution in [3.05, 3.63) is 63.6 Å². The minimum Gasteiger partial charge on any atom is -0.491 e. The Hall–Kier alpha value is -2.56. The van der Waals surface area contributed by atoms with Gasteiger partial charge in [0.05, 0.1) is 6.04 Å². The summed E-state index contributed by atoms with van der Waals surface area (Å²) in [5.41, 5.74) is 1.55. The quantitative estimate of drug-likeness (QED) is 0.889. The Kier molecular flexibility index (Phi) is 4.99. The Morgan fingerprint density at radius 2 is 2.05 bits per heavy atom. The lowest BCUT2D eigenvalue weighted by Crippen LogP contribution is -2.39. The molecule has 0 aliphatic rings. The molecule has 1 heterocycles. The van der Waals surface area contributed by atoms with Crippen LogP contribution in [0, 0.1) is 13.8 Å². The van der Waals surface area contributed by atoms with Gasteiger partial charge in [-0.1, -0.05) is 12.1 Å². The number of rotatable bonds is 5. The van der Waals surface area contributed by atoms with Crippen molar-refractivity contribution < 1.29 is 9.53 Å². The monoisotopic (exact) mass is 300 g/mol. The van der Waals surface area contributed by atoms with Crippen LogP contribution in [0.3, 0.4) is 0 Å². The van der Waals surface area contributed by atoms with Crippen LogP contribution in [-0.2, 0) is 0 Å². The summed E-state index contributed by atoms with van der Waals surface area (Å²) < 4.78 is 5.63. The molecular formula is C17H20N2O3. The van der Waals surface area contributed by atoms with E-state index in [4.69, 9.17) is 4.74 Å². The molecule has 1 atom stereocenters. The van der Waals surface area contributed by atoms with E-state index in [0.717, 1.165) is 17.0 Å². The highest BCUT2D eigenvalue weighted by molar-refractivity contribution is 5.93. The topological polar surface area (TPSA) is 71.2 Å². The summed E-state index contributed by atoms with van der Waals surface area (Å²) in [7, 11) is 0. The Balaban J connectivity index is 1.92.